The van der Waals surface area contributed by atoms with Gasteiger partial charge in [-0.2, -0.15) is 0 Å². The highest BCUT2D eigenvalue weighted by molar-refractivity contribution is 5.92. The highest BCUT2D eigenvalue weighted by atomic mass is 16.3. The fourth-order valence-electron chi connectivity index (χ4n) is 1.86. The lowest BCUT2D eigenvalue weighted by Crippen LogP contribution is -2.34. The van der Waals surface area contributed by atoms with Gasteiger partial charge < -0.3 is 16.2 Å². The Morgan fingerprint density at radius 1 is 1.42 bits per heavy atom. The van der Waals surface area contributed by atoms with Crippen LogP contribution in [0.4, 0.5) is 5.69 Å². The Labute approximate surface area is 114 Å². The second-order valence-corrected chi connectivity index (χ2v) is 4.36. The first-order valence-corrected chi connectivity index (χ1v) is 6.62. The van der Waals surface area contributed by atoms with Crippen molar-refractivity contribution in [1.82, 2.24) is 4.90 Å². The molecule has 0 radical (unpaired) electrons. The van der Waals surface area contributed by atoms with Crippen molar-refractivity contribution in [2.45, 2.75) is 19.9 Å². The van der Waals surface area contributed by atoms with Crippen LogP contribution in [-0.2, 0) is 11.3 Å². The van der Waals surface area contributed by atoms with Crippen molar-refractivity contribution in [3.63, 3.8) is 0 Å². The fourth-order valence-corrected chi connectivity index (χ4v) is 1.86. The van der Waals surface area contributed by atoms with E-state index in [0.717, 1.165) is 24.3 Å². The van der Waals surface area contributed by atoms with Gasteiger partial charge >= 0.3 is 0 Å². The molecule has 0 aliphatic heterocycles. The minimum Gasteiger partial charge on any atom is -0.396 e. The summed E-state index contributed by atoms with van der Waals surface area (Å²) in [6.45, 7) is 4.38. The van der Waals surface area contributed by atoms with E-state index in [1.54, 1.807) is 0 Å². The predicted molar refractivity (Wildman–Crippen MR) is 76.8 cm³/mol. The zero-order chi connectivity index (χ0) is 14.1. The van der Waals surface area contributed by atoms with Crippen molar-refractivity contribution in [2.24, 2.45) is 5.73 Å². The molecule has 1 aromatic carbocycles. The van der Waals surface area contributed by atoms with Gasteiger partial charge in [-0.05, 0) is 24.6 Å². The number of carbonyl (C=O) groups excluding carboxylic acids is 1. The van der Waals surface area contributed by atoms with Gasteiger partial charge in [0.05, 0.1) is 6.54 Å². The van der Waals surface area contributed by atoms with E-state index >= 15 is 0 Å². The number of amides is 1. The molecule has 0 aromatic heterocycles. The number of nitrogens with two attached hydrogens (primary N) is 1. The molecule has 0 aliphatic rings. The number of hydrogen-bond acceptors (Lipinski definition) is 4. The highest BCUT2D eigenvalue weighted by Crippen LogP contribution is 2.13. The molecule has 5 nitrogen and oxygen atoms in total. The Hall–Kier alpha value is -1.43. The average molecular weight is 265 g/mol. The maximum atomic E-state index is 12.0. The van der Waals surface area contributed by atoms with E-state index in [2.05, 4.69) is 5.32 Å². The molecule has 0 aliphatic carbocycles. The number of aliphatic hydroxyl groups is 1. The number of anilines is 1. The minimum absolute atomic E-state index is 0.0549. The van der Waals surface area contributed by atoms with E-state index in [9.17, 15) is 4.79 Å². The lowest BCUT2D eigenvalue weighted by Gasteiger charge is -2.19. The molecule has 0 fully saturated rings. The predicted octanol–water partition coefficient (Wildman–Crippen LogP) is 0.788. The van der Waals surface area contributed by atoms with Crippen LogP contribution in [0.1, 0.15) is 18.9 Å². The Morgan fingerprint density at radius 2 is 2.16 bits per heavy atom. The summed E-state index contributed by atoms with van der Waals surface area (Å²) in [7, 11) is 0. The Bertz CT molecular complexity index is 396. The maximum Gasteiger partial charge on any atom is 0.238 e. The number of benzene rings is 1. The molecule has 1 aromatic rings. The molecule has 0 bridgehead atoms. The van der Waals surface area contributed by atoms with Gasteiger partial charge in [0, 0.05) is 25.4 Å². The molecule has 0 atom stereocenters. The Morgan fingerprint density at radius 3 is 2.79 bits per heavy atom. The third-order valence-corrected chi connectivity index (χ3v) is 2.96. The van der Waals surface area contributed by atoms with Gasteiger partial charge in [0.2, 0.25) is 5.91 Å². The van der Waals surface area contributed by atoms with Crippen molar-refractivity contribution in [3.05, 3.63) is 29.8 Å². The third kappa shape index (κ3) is 5.38. The number of carbonyl (C=O) groups is 1. The van der Waals surface area contributed by atoms with Crippen LogP contribution in [0.3, 0.4) is 0 Å². The van der Waals surface area contributed by atoms with E-state index in [1.807, 2.05) is 36.1 Å². The van der Waals surface area contributed by atoms with Crippen LogP contribution < -0.4 is 11.1 Å². The topological polar surface area (TPSA) is 78.6 Å². The number of hydrogen-bond donors (Lipinski definition) is 3. The third-order valence-electron chi connectivity index (χ3n) is 2.96. The van der Waals surface area contributed by atoms with E-state index in [0.29, 0.717) is 19.5 Å². The number of rotatable bonds is 8. The van der Waals surface area contributed by atoms with Crippen LogP contribution in [0.5, 0.6) is 0 Å². The van der Waals surface area contributed by atoms with Crippen molar-refractivity contribution < 1.29 is 9.90 Å². The van der Waals surface area contributed by atoms with Crippen LogP contribution in [0.25, 0.3) is 0 Å². The first-order chi connectivity index (χ1) is 9.21. The Balaban J connectivity index is 2.54. The summed E-state index contributed by atoms with van der Waals surface area (Å²) in [6.07, 6.45) is 0.681. The average Bonchev–Trinajstić information content (AvgIpc) is 2.44. The monoisotopic (exact) mass is 265 g/mol. The molecular formula is C14H23N3O2. The number of para-hydroxylation sites is 1. The van der Waals surface area contributed by atoms with E-state index in [1.165, 1.54) is 0 Å². The first-order valence-electron chi connectivity index (χ1n) is 6.62. The summed E-state index contributed by atoms with van der Waals surface area (Å²) in [4.78, 5) is 14.0. The maximum absolute atomic E-state index is 12.0. The van der Waals surface area contributed by atoms with Gasteiger partial charge in [-0.15, -0.1) is 0 Å². The molecule has 0 spiro atoms. The summed E-state index contributed by atoms with van der Waals surface area (Å²) in [5, 5.41) is 11.7. The zero-order valence-electron chi connectivity index (χ0n) is 11.4. The van der Waals surface area contributed by atoms with Gasteiger partial charge in [-0.3, -0.25) is 9.69 Å². The van der Waals surface area contributed by atoms with Crippen LogP contribution in [0.2, 0.25) is 0 Å². The second-order valence-electron chi connectivity index (χ2n) is 4.36. The summed E-state index contributed by atoms with van der Waals surface area (Å²) in [5.74, 6) is -0.0549. The minimum atomic E-state index is -0.0549. The summed E-state index contributed by atoms with van der Waals surface area (Å²) in [6, 6.07) is 7.53. The zero-order valence-corrected chi connectivity index (χ0v) is 11.4. The largest absolute Gasteiger partial charge is 0.396 e. The molecule has 1 amide bonds. The first kappa shape index (κ1) is 15.6. The van der Waals surface area contributed by atoms with Gasteiger partial charge in [0.25, 0.3) is 0 Å². The lowest BCUT2D eigenvalue weighted by atomic mass is 10.2. The SMILES string of the molecule is CCN(CCCO)CC(=O)Nc1ccccc1CN. The molecule has 106 valence electrons. The van der Waals surface area contributed by atoms with Crippen molar-refractivity contribution in [1.29, 1.82) is 0 Å². The summed E-state index contributed by atoms with van der Waals surface area (Å²) < 4.78 is 0. The van der Waals surface area contributed by atoms with Crippen LogP contribution in [0.15, 0.2) is 24.3 Å². The molecule has 5 heteroatoms. The van der Waals surface area contributed by atoms with E-state index < -0.39 is 0 Å². The molecule has 0 saturated heterocycles. The van der Waals surface area contributed by atoms with Crippen LogP contribution >= 0.6 is 0 Å². The van der Waals surface area contributed by atoms with Crippen molar-refractivity contribution >= 4 is 11.6 Å². The standard InChI is InChI=1S/C14H23N3O2/c1-2-17(8-5-9-18)11-14(19)16-13-7-4-3-6-12(13)10-15/h3-4,6-7,18H,2,5,8-11,15H2,1H3,(H,16,19). The smallest absolute Gasteiger partial charge is 0.238 e. The molecule has 1 rings (SSSR count). The number of aliphatic hydroxyl groups excluding tert-OH is 1. The van der Waals surface area contributed by atoms with E-state index in [-0.39, 0.29) is 12.5 Å². The van der Waals surface area contributed by atoms with Crippen LogP contribution in [0, 0.1) is 0 Å². The quantitative estimate of drug-likeness (QED) is 0.649. The van der Waals surface area contributed by atoms with Gasteiger partial charge in [0.15, 0.2) is 0 Å². The van der Waals surface area contributed by atoms with Crippen molar-refractivity contribution in [3.8, 4) is 0 Å². The molecular weight excluding hydrogens is 242 g/mol. The molecule has 0 saturated carbocycles. The van der Waals surface area contributed by atoms with Gasteiger partial charge in [-0.1, -0.05) is 25.1 Å². The normalized spacial score (nSPS) is 10.7. The fraction of sp³-hybridized carbons (Fsp3) is 0.500. The summed E-state index contributed by atoms with van der Waals surface area (Å²) >= 11 is 0. The number of nitrogens with zero attached hydrogens (tertiary/aromatic N) is 1. The van der Waals surface area contributed by atoms with Crippen molar-refractivity contribution in [2.75, 3.05) is 31.6 Å². The van der Waals surface area contributed by atoms with Gasteiger partial charge in [0.1, 0.15) is 0 Å². The number of likely N-dealkylation sites (N-methyl/N-ethyl adjacent to an activating group) is 1. The van der Waals surface area contributed by atoms with Crippen LogP contribution in [-0.4, -0.2) is 42.2 Å². The summed E-state index contributed by atoms with van der Waals surface area (Å²) in [5.41, 5.74) is 7.33. The molecule has 0 unspecified atom stereocenters. The molecule has 19 heavy (non-hydrogen) atoms. The van der Waals surface area contributed by atoms with E-state index in [4.69, 9.17) is 10.8 Å². The van der Waals surface area contributed by atoms with Gasteiger partial charge in [-0.25, -0.2) is 0 Å². The Kier molecular flexibility index (Phi) is 7.10. The highest BCUT2D eigenvalue weighted by Gasteiger charge is 2.10. The molecule has 0 heterocycles. The number of nitrogens with one attached hydrogen (secondary N) is 1. The lowest BCUT2D eigenvalue weighted by molar-refractivity contribution is -0.117. The molecule has 4 N–H and O–H groups in total. The second kappa shape index (κ2) is 8.63.